The Morgan fingerprint density at radius 1 is 1.48 bits per heavy atom. The van der Waals surface area contributed by atoms with Crippen LogP contribution in [-0.4, -0.2) is 24.2 Å². The molecule has 0 spiro atoms. The molecule has 9 heteroatoms. The molecule has 21 heavy (non-hydrogen) atoms. The third kappa shape index (κ3) is 3.96. The van der Waals surface area contributed by atoms with E-state index in [2.05, 4.69) is 31.9 Å². The molecule has 0 heterocycles. The molecule has 0 aliphatic rings. The van der Waals surface area contributed by atoms with Gasteiger partial charge in [0.05, 0.1) is 11.6 Å². The van der Waals surface area contributed by atoms with Crippen molar-refractivity contribution in [1.29, 1.82) is 5.26 Å². The van der Waals surface area contributed by atoms with Gasteiger partial charge in [-0.25, -0.2) is 4.79 Å². The van der Waals surface area contributed by atoms with Gasteiger partial charge >= 0.3 is 6.03 Å². The summed E-state index contributed by atoms with van der Waals surface area (Å²) >= 11 is 6.36. The van der Waals surface area contributed by atoms with Crippen molar-refractivity contribution in [2.45, 2.75) is 0 Å². The summed E-state index contributed by atoms with van der Waals surface area (Å²) < 4.78 is 5.67. The number of nitrogens with one attached hydrogen (secondary N) is 1. The van der Waals surface area contributed by atoms with Crippen LogP contribution in [0.3, 0.4) is 0 Å². The highest BCUT2D eigenvalue weighted by Gasteiger charge is 2.16. The van der Waals surface area contributed by atoms with Gasteiger partial charge in [0.15, 0.2) is 11.5 Å². The molecule has 4 N–H and O–H groups in total. The zero-order chi connectivity index (χ0) is 16.2. The summed E-state index contributed by atoms with van der Waals surface area (Å²) in [6.45, 7) is 0. The van der Waals surface area contributed by atoms with Gasteiger partial charge in [-0.1, -0.05) is 0 Å². The number of phenolic OH excluding ortho intramolecular Hbond substituents is 1. The van der Waals surface area contributed by atoms with Gasteiger partial charge in [0.2, 0.25) is 0 Å². The Morgan fingerprint density at radius 3 is 2.57 bits per heavy atom. The van der Waals surface area contributed by atoms with Crippen LogP contribution in [0.2, 0.25) is 0 Å². The highest BCUT2D eigenvalue weighted by molar-refractivity contribution is 9.13. The van der Waals surface area contributed by atoms with E-state index in [-0.39, 0.29) is 17.1 Å². The number of hydrogen-bond acceptors (Lipinski definition) is 5. The number of imide groups is 1. The Labute approximate surface area is 136 Å². The molecule has 1 aromatic rings. The van der Waals surface area contributed by atoms with E-state index >= 15 is 0 Å². The zero-order valence-corrected chi connectivity index (χ0v) is 13.8. The summed E-state index contributed by atoms with van der Waals surface area (Å²) in [5.74, 6) is -0.925. The summed E-state index contributed by atoms with van der Waals surface area (Å²) in [7, 11) is 1.36. The van der Waals surface area contributed by atoms with Crippen LogP contribution in [0.4, 0.5) is 4.79 Å². The van der Waals surface area contributed by atoms with Gasteiger partial charge in [-0.15, -0.1) is 0 Å². The number of phenols is 1. The normalized spacial score (nSPS) is 10.7. The van der Waals surface area contributed by atoms with E-state index in [4.69, 9.17) is 15.7 Å². The molecule has 1 aromatic carbocycles. The number of hydrogen-bond donors (Lipinski definition) is 3. The number of nitrogens with two attached hydrogens (primary N) is 1. The SMILES string of the molecule is COc1cc(/C=C(/C#N)C(=O)NC(N)=O)c(Br)c(Br)c1O. The van der Waals surface area contributed by atoms with E-state index < -0.39 is 11.9 Å². The second-order valence-corrected chi connectivity index (χ2v) is 5.22. The van der Waals surface area contributed by atoms with Gasteiger partial charge in [0.25, 0.3) is 5.91 Å². The lowest BCUT2D eigenvalue weighted by Crippen LogP contribution is -2.35. The average Bonchev–Trinajstić information content (AvgIpc) is 2.43. The monoisotopic (exact) mass is 417 g/mol. The largest absolute Gasteiger partial charge is 0.503 e. The maximum Gasteiger partial charge on any atom is 0.319 e. The van der Waals surface area contributed by atoms with Gasteiger partial charge in [0, 0.05) is 4.47 Å². The zero-order valence-electron chi connectivity index (χ0n) is 10.6. The lowest BCUT2D eigenvalue weighted by molar-refractivity contribution is -0.115. The maximum atomic E-state index is 11.6. The Balaban J connectivity index is 3.36. The number of urea groups is 1. The fraction of sp³-hybridized carbons (Fsp3) is 0.0833. The first-order chi connectivity index (χ1) is 9.81. The van der Waals surface area contributed by atoms with E-state index in [9.17, 15) is 14.7 Å². The number of primary amides is 1. The maximum absolute atomic E-state index is 11.6. The standard InChI is InChI=1S/C12H9Br2N3O4/c1-21-7-3-5(8(13)9(14)10(7)18)2-6(4-15)11(19)17-12(16)20/h2-3,18H,1H3,(H3,16,17,19,20)/b6-2-. The summed E-state index contributed by atoms with van der Waals surface area (Å²) in [5, 5.41) is 20.6. The average molecular weight is 419 g/mol. The van der Waals surface area contributed by atoms with Crippen LogP contribution >= 0.6 is 31.9 Å². The van der Waals surface area contributed by atoms with Crippen LogP contribution < -0.4 is 15.8 Å². The minimum absolute atomic E-state index is 0.137. The fourth-order valence-electron chi connectivity index (χ4n) is 1.36. The molecule has 0 radical (unpaired) electrons. The van der Waals surface area contributed by atoms with Gasteiger partial charge in [-0.3, -0.25) is 10.1 Å². The highest BCUT2D eigenvalue weighted by Crippen LogP contribution is 2.42. The van der Waals surface area contributed by atoms with E-state index in [0.717, 1.165) is 0 Å². The molecular weight excluding hydrogens is 410 g/mol. The molecular formula is C12H9Br2N3O4. The fourth-order valence-corrected chi connectivity index (χ4v) is 2.20. The van der Waals surface area contributed by atoms with Crippen molar-refractivity contribution in [3.63, 3.8) is 0 Å². The van der Waals surface area contributed by atoms with Crippen LogP contribution in [0, 0.1) is 11.3 Å². The van der Waals surface area contributed by atoms with E-state index in [1.807, 2.05) is 0 Å². The first kappa shape index (κ1) is 17.0. The van der Waals surface area contributed by atoms with Crippen molar-refractivity contribution >= 4 is 49.9 Å². The van der Waals surface area contributed by atoms with Gasteiger partial charge in [-0.05, 0) is 49.6 Å². The Kier molecular flexibility index (Phi) is 5.75. The molecule has 1 rings (SSSR count). The molecule has 0 atom stereocenters. The van der Waals surface area contributed by atoms with Crippen molar-refractivity contribution in [3.8, 4) is 17.6 Å². The first-order valence-corrected chi connectivity index (χ1v) is 6.88. The summed E-state index contributed by atoms with van der Waals surface area (Å²) in [4.78, 5) is 22.2. The van der Waals surface area contributed by atoms with Gasteiger partial charge in [0.1, 0.15) is 11.6 Å². The Hall–Kier alpha value is -2.05. The lowest BCUT2D eigenvalue weighted by atomic mass is 10.1. The van der Waals surface area contributed by atoms with Crippen molar-refractivity contribution in [2.75, 3.05) is 7.11 Å². The number of rotatable bonds is 3. The smallest absolute Gasteiger partial charge is 0.319 e. The number of benzene rings is 1. The third-order valence-corrected chi connectivity index (χ3v) is 4.45. The molecule has 0 aromatic heterocycles. The predicted molar refractivity (Wildman–Crippen MR) is 81.4 cm³/mol. The topological polar surface area (TPSA) is 125 Å². The molecule has 3 amide bonds. The highest BCUT2D eigenvalue weighted by atomic mass is 79.9. The minimum Gasteiger partial charge on any atom is -0.503 e. The lowest BCUT2D eigenvalue weighted by Gasteiger charge is -2.10. The number of nitriles is 1. The third-order valence-electron chi connectivity index (χ3n) is 2.30. The van der Waals surface area contributed by atoms with Crippen molar-refractivity contribution in [1.82, 2.24) is 5.32 Å². The quantitative estimate of drug-likeness (QED) is 0.511. The van der Waals surface area contributed by atoms with Gasteiger partial charge in [-0.2, -0.15) is 5.26 Å². The van der Waals surface area contributed by atoms with Gasteiger partial charge < -0.3 is 15.6 Å². The summed E-state index contributed by atoms with van der Waals surface area (Å²) in [5.41, 5.74) is 4.86. The second-order valence-electron chi connectivity index (χ2n) is 3.63. The van der Waals surface area contributed by atoms with E-state index in [0.29, 0.717) is 14.5 Å². The summed E-state index contributed by atoms with van der Waals surface area (Å²) in [6.07, 6.45) is 1.22. The van der Waals surface area contributed by atoms with Crippen molar-refractivity contribution in [3.05, 3.63) is 26.1 Å². The molecule has 0 aliphatic carbocycles. The molecule has 110 valence electrons. The van der Waals surface area contributed by atoms with Crippen molar-refractivity contribution in [2.24, 2.45) is 5.73 Å². The Bertz CT molecular complexity index is 680. The molecule has 7 nitrogen and oxygen atoms in total. The van der Waals surface area contributed by atoms with Crippen LogP contribution in [0.5, 0.6) is 11.5 Å². The van der Waals surface area contributed by atoms with Crippen LogP contribution in [0.1, 0.15) is 5.56 Å². The molecule has 0 saturated carbocycles. The molecule has 0 saturated heterocycles. The minimum atomic E-state index is -1.07. The van der Waals surface area contributed by atoms with E-state index in [1.54, 1.807) is 11.4 Å². The molecule has 0 aliphatic heterocycles. The molecule has 0 unspecified atom stereocenters. The number of amides is 3. The first-order valence-electron chi connectivity index (χ1n) is 5.29. The molecule has 0 bridgehead atoms. The molecule has 0 fully saturated rings. The number of carbonyl (C=O) groups excluding carboxylic acids is 2. The number of nitrogens with zero attached hydrogens (tertiary/aromatic N) is 1. The Morgan fingerprint density at radius 2 is 2.10 bits per heavy atom. The van der Waals surface area contributed by atoms with Crippen molar-refractivity contribution < 1.29 is 19.4 Å². The van der Waals surface area contributed by atoms with E-state index in [1.165, 1.54) is 19.3 Å². The number of ether oxygens (including phenoxy) is 1. The second kappa shape index (κ2) is 7.10. The summed E-state index contributed by atoms with van der Waals surface area (Å²) in [6, 6.07) is 2.01. The number of carbonyl (C=O) groups is 2. The predicted octanol–water partition coefficient (Wildman–Crippen LogP) is 2.03. The number of methoxy groups -OCH3 is 1. The number of aromatic hydroxyl groups is 1. The van der Waals surface area contributed by atoms with Crippen LogP contribution in [0.15, 0.2) is 20.6 Å². The number of halogens is 2. The van der Waals surface area contributed by atoms with Crippen LogP contribution in [-0.2, 0) is 4.79 Å². The van der Waals surface area contributed by atoms with Crippen LogP contribution in [0.25, 0.3) is 6.08 Å².